The number of hydrogen-bond acceptors (Lipinski definition) is 2. The number of rotatable bonds is 3. The Morgan fingerprint density at radius 3 is 2.78 bits per heavy atom. The van der Waals surface area contributed by atoms with Crippen LogP contribution in [0.5, 0.6) is 0 Å². The molecule has 18 heavy (non-hydrogen) atoms. The molecule has 0 aromatic heterocycles. The van der Waals surface area contributed by atoms with E-state index in [2.05, 4.69) is 23.8 Å². The molecule has 0 bridgehead atoms. The van der Waals surface area contributed by atoms with Crippen LogP contribution >= 0.6 is 0 Å². The quantitative estimate of drug-likeness (QED) is 0.827. The van der Waals surface area contributed by atoms with E-state index in [1.54, 1.807) is 6.07 Å². The Hall–Kier alpha value is -1.37. The molecule has 3 heteroatoms. The molecule has 0 atom stereocenters. The highest BCUT2D eigenvalue weighted by molar-refractivity contribution is 5.37. The highest BCUT2D eigenvalue weighted by atomic mass is 19.1. The van der Waals surface area contributed by atoms with Crippen LogP contribution in [-0.2, 0) is 6.54 Å². The van der Waals surface area contributed by atoms with E-state index in [-0.39, 0.29) is 12.4 Å². The lowest BCUT2D eigenvalue weighted by molar-refractivity contribution is 0.152. The lowest BCUT2D eigenvalue weighted by atomic mass is 9.91. The van der Waals surface area contributed by atoms with Crippen LogP contribution in [0.2, 0.25) is 0 Å². The van der Waals surface area contributed by atoms with Crippen molar-refractivity contribution in [3.63, 3.8) is 0 Å². The maximum Gasteiger partial charge on any atom is 0.124 e. The largest absolute Gasteiger partial charge is 0.384 e. The van der Waals surface area contributed by atoms with Crippen molar-refractivity contribution in [2.24, 2.45) is 0 Å². The van der Waals surface area contributed by atoms with Gasteiger partial charge in [0.2, 0.25) is 0 Å². The van der Waals surface area contributed by atoms with Crippen LogP contribution in [0.3, 0.4) is 0 Å². The van der Waals surface area contributed by atoms with Crippen molar-refractivity contribution in [2.45, 2.75) is 31.8 Å². The molecule has 96 valence electrons. The Morgan fingerprint density at radius 1 is 1.39 bits per heavy atom. The average molecular weight is 247 g/mol. The zero-order chi connectivity index (χ0) is 13.0. The third kappa shape index (κ3) is 3.32. The van der Waals surface area contributed by atoms with Crippen molar-refractivity contribution >= 4 is 0 Å². The summed E-state index contributed by atoms with van der Waals surface area (Å²) < 4.78 is 13.5. The van der Waals surface area contributed by atoms with Gasteiger partial charge in [-0.15, -0.1) is 0 Å². The molecule has 1 fully saturated rings. The number of hydrogen-bond donors (Lipinski definition) is 1. The molecule has 0 amide bonds. The molecule has 2 rings (SSSR count). The monoisotopic (exact) mass is 247 g/mol. The smallest absolute Gasteiger partial charge is 0.124 e. The summed E-state index contributed by atoms with van der Waals surface area (Å²) in [6.07, 6.45) is 3.78. The summed E-state index contributed by atoms with van der Waals surface area (Å²) in [4.78, 5) is 2.27. The summed E-state index contributed by atoms with van der Waals surface area (Å²) in [7, 11) is 2.08. The third-order valence-corrected chi connectivity index (χ3v) is 3.40. The Bertz CT molecular complexity index is 471. The minimum atomic E-state index is -0.267. The molecule has 0 saturated heterocycles. The average Bonchev–Trinajstić information content (AvgIpc) is 2.22. The molecule has 1 N–H and O–H groups in total. The zero-order valence-corrected chi connectivity index (χ0v) is 10.6. The first-order valence-electron chi connectivity index (χ1n) is 6.28. The third-order valence-electron chi connectivity index (χ3n) is 3.40. The van der Waals surface area contributed by atoms with Crippen LogP contribution in [0.4, 0.5) is 4.39 Å². The second-order valence-corrected chi connectivity index (χ2v) is 4.81. The Balaban J connectivity index is 2.09. The van der Waals surface area contributed by atoms with Gasteiger partial charge in [0.1, 0.15) is 12.4 Å². The summed E-state index contributed by atoms with van der Waals surface area (Å²) in [6, 6.07) is 5.48. The second kappa shape index (κ2) is 5.99. The van der Waals surface area contributed by atoms with Crippen molar-refractivity contribution in [1.82, 2.24) is 4.90 Å². The molecule has 0 heterocycles. The molecule has 0 unspecified atom stereocenters. The van der Waals surface area contributed by atoms with E-state index in [4.69, 9.17) is 5.11 Å². The number of benzene rings is 1. The molecular formula is C15H18FNO. The van der Waals surface area contributed by atoms with Gasteiger partial charge in [0.05, 0.1) is 0 Å². The molecule has 1 aliphatic rings. The second-order valence-electron chi connectivity index (χ2n) is 4.81. The highest BCUT2D eigenvalue weighted by Gasteiger charge is 2.21. The predicted octanol–water partition coefficient (Wildman–Crippen LogP) is 2.15. The topological polar surface area (TPSA) is 23.5 Å². The van der Waals surface area contributed by atoms with E-state index < -0.39 is 0 Å². The SMILES string of the molecule is CN(Cc1cc(F)cc(C#CCO)c1)C1CCC1. The minimum absolute atomic E-state index is 0.201. The van der Waals surface area contributed by atoms with Gasteiger partial charge in [0.15, 0.2) is 0 Å². The van der Waals surface area contributed by atoms with E-state index in [9.17, 15) is 4.39 Å². The number of nitrogens with zero attached hydrogens (tertiary/aromatic N) is 1. The Kier molecular flexibility index (Phi) is 4.35. The predicted molar refractivity (Wildman–Crippen MR) is 69.5 cm³/mol. The van der Waals surface area contributed by atoms with E-state index in [1.165, 1.54) is 25.3 Å². The summed E-state index contributed by atoms with van der Waals surface area (Å²) in [5.74, 6) is 5.02. The molecule has 0 radical (unpaired) electrons. The van der Waals surface area contributed by atoms with Gasteiger partial charge in [-0.1, -0.05) is 18.3 Å². The molecular weight excluding hydrogens is 229 g/mol. The van der Waals surface area contributed by atoms with Gasteiger partial charge in [-0.2, -0.15) is 0 Å². The molecule has 0 spiro atoms. The van der Waals surface area contributed by atoms with E-state index in [0.717, 1.165) is 12.1 Å². The van der Waals surface area contributed by atoms with Crippen molar-refractivity contribution < 1.29 is 9.50 Å². The van der Waals surface area contributed by atoms with Crippen molar-refractivity contribution in [3.05, 3.63) is 35.1 Å². The Labute approximate surface area is 107 Å². The first-order chi connectivity index (χ1) is 8.69. The van der Waals surface area contributed by atoms with Crippen LogP contribution in [0, 0.1) is 17.7 Å². The highest BCUT2D eigenvalue weighted by Crippen LogP contribution is 2.25. The molecule has 1 saturated carbocycles. The van der Waals surface area contributed by atoms with Gasteiger partial charge in [0.25, 0.3) is 0 Å². The van der Waals surface area contributed by atoms with E-state index >= 15 is 0 Å². The fourth-order valence-corrected chi connectivity index (χ4v) is 2.20. The maximum atomic E-state index is 13.5. The van der Waals surface area contributed by atoms with Gasteiger partial charge >= 0.3 is 0 Å². The minimum Gasteiger partial charge on any atom is -0.384 e. The first-order valence-corrected chi connectivity index (χ1v) is 6.28. The molecule has 0 aliphatic heterocycles. The van der Waals surface area contributed by atoms with Crippen LogP contribution in [0.1, 0.15) is 30.4 Å². The lowest BCUT2D eigenvalue weighted by Crippen LogP contribution is -2.36. The van der Waals surface area contributed by atoms with Crippen LogP contribution < -0.4 is 0 Å². The lowest BCUT2D eigenvalue weighted by Gasteiger charge is -2.34. The molecule has 1 aromatic rings. The van der Waals surface area contributed by atoms with Gasteiger partial charge in [-0.25, -0.2) is 4.39 Å². The fraction of sp³-hybridized carbons (Fsp3) is 0.467. The molecule has 2 nitrogen and oxygen atoms in total. The summed E-state index contributed by atoms with van der Waals surface area (Å²) >= 11 is 0. The molecule has 1 aromatic carbocycles. The zero-order valence-electron chi connectivity index (χ0n) is 10.6. The fourth-order valence-electron chi connectivity index (χ4n) is 2.20. The Morgan fingerprint density at radius 2 is 2.17 bits per heavy atom. The summed E-state index contributed by atoms with van der Waals surface area (Å²) in [5, 5.41) is 8.65. The number of aliphatic hydroxyl groups excluding tert-OH is 1. The van der Waals surface area contributed by atoms with Crippen LogP contribution in [0.15, 0.2) is 18.2 Å². The standard InChI is InChI=1S/C15H18FNO/c1-17(15-5-2-6-15)11-13-8-12(4-3-7-18)9-14(16)10-13/h8-10,15,18H,2,5-7,11H2,1H3. The summed E-state index contributed by atoms with van der Waals surface area (Å²) in [5.41, 5.74) is 1.56. The van der Waals surface area contributed by atoms with Gasteiger partial charge in [0, 0.05) is 18.2 Å². The number of halogens is 1. The van der Waals surface area contributed by atoms with E-state index in [0.29, 0.717) is 11.6 Å². The van der Waals surface area contributed by atoms with E-state index in [1.807, 2.05) is 6.07 Å². The normalized spacial score (nSPS) is 15.1. The van der Waals surface area contributed by atoms with Gasteiger partial charge < -0.3 is 5.11 Å². The summed E-state index contributed by atoms with van der Waals surface area (Å²) in [6.45, 7) is 0.546. The first kappa shape index (κ1) is 13.1. The number of aliphatic hydroxyl groups is 1. The van der Waals surface area contributed by atoms with Gasteiger partial charge in [-0.05, 0) is 43.7 Å². The van der Waals surface area contributed by atoms with Crippen molar-refractivity contribution in [2.75, 3.05) is 13.7 Å². The van der Waals surface area contributed by atoms with Crippen molar-refractivity contribution in [1.29, 1.82) is 0 Å². The van der Waals surface area contributed by atoms with Gasteiger partial charge in [-0.3, -0.25) is 4.90 Å². The maximum absolute atomic E-state index is 13.5. The molecule has 1 aliphatic carbocycles. The van der Waals surface area contributed by atoms with Crippen LogP contribution in [0.25, 0.3) is 0 Å². The van der Waals surface area contributed by atoms with Crippen molar-refractivity contribution in [3.8, 4) is 11.8 Å². The van der Waals surface area contributed by atoms with Crippen LogP contribution in [-0.4, -0.2) is 29.7 Å².